The average molecular weight is 258 g/mol. The first-order valence-corrected chi connectivity index (χ1v) is 5.45. The van der Waals surface area contributed by atoms with Gasteiger partial charge in [0.1, 0.15) is 13.2 Å². The number of halogens is 2. The summed E-state index contributed by atoms with van der Waals surface area (Å²) in [6.45, 7) is 1.96. The second-order valence-electron chi connectivity index (χ2n) is 3.99. The molecule has 0 aliphatic carbocycles. The molecule has 6 heteroatoms. The van der Waals surface area contributed by atoms with Gasteiger partial charge in [-0.2, -0.15) is 0 Å². The van der Waals surface area contributed by atoms with Crippen LogP contribution < -0.4 is 9.47 Å². The highest BCUT2D eigenvalue weighted by Crippen LogP contribution is 2.41. The summed E-state index contributed by atoms with van der Waals surface area (Å²) in [4.78, 5) is 11.0. The normalized spacial score (nSPS) is 15.6. The van der Waals surface area contributed by atoms with Crippen LogP contribution in [0.4, 0.5) is 8.78 Å². The average Bonchev–Trinajstić information content (AvgIpc) is 2.36. The summed E-state index contributed by atoms with van der Waals surface area (Å²) in [5.41, 5.74) is -0.0441. The number of carboxylic acid groups (broad SMARTS) is 1. The fourth-order valence-electron chi connectivity index (χ4n) is 1.78. The van der Waals surface area contributed by atoms with Crippen molar-refractivity contribution in [1.82, 2.24) is 0 Å². The third-order valence-electron chi connectivity index (χ3n) is 2.78. The molecule has 1 unspecified atom stereocenters. The fourth-order valence-corrected chi connectivity index (χ4v) is 1.78. The Morgan fingerprint density at radius 3 is 2.61 bits per heavy atom. The molecule has 18 heavy (non-hydrogen) atoms. The van der Waals surface area contributed by atoms with Crippen LogP contribution in [0.2, 0.25) is 0 Å². The van der Waals surface area contributed by atoms with E-state index in [9.17, 15) is 13.6 Å². The summed E-state index contributed by atoms with van der Waals surface area (Å²) in [5.74, 6) is -1.60. The number of benzene rings is 1. The zero-order chi connectivity index (χ0) is 13.3. The number of ether oxygens (including phenoxy) is 2. The number of hydrogen-bond acceptors (Lipinski definition) is 3. The Morgan fingerprint density at radius 1 is 1.33 bits per heavy atom. The Morgan fingerprint density at radius 2 is 2.00 bits per heavy atom. The molecule has 1 aliphatic rings. The van der Waals surface area contributed by atoms with Crippen molar-refractivity contribution in [2.45, 2.75) is 19.3 Å². The van der Waals surface area contributed by atoms with Crippen molar-refractivity contribution in [2.24, 2.45) is 0 Å². The minimum Gasteiger partial charge on any atom is -0.486 e. The molecule has 0 saturated heterocycles. The van der Waals surface area contributed by atoms with Gasteiger partial charge in [0.15, 0.2) is 11.5 Å². The minimum atomic E-state index is -2.68. The molecule has 1 aromatic rings. The van der Waals surface area contributed by atoms with E-state index in [1.807, 2.05) is 0 Å². The lowest BCUT2D eigenvalue weighted by molar-refractivity contribution is -0.138. The second kappa shape index (κ2) is 4.80. The van der Waals surface area contributed by atoms with Gasteiger partial charge in [0.05, 0.1) is 5.92 Å². The van der Waals surface area contributed by atoms with Crippen LogP contribution >= 0.6 is 0 Å². The lowest BCUT2D eigenvalue weighted by Crippen LogP contribution is -2.19. The maximum absolute atomic E-state index is 12.7. The largest absolute Gasteiger partial charge is 0.486 e. The van der Waals surface area contributed by atoms with Crippen LogP contribution in [-0.4, -0.2) is 24.3 Å². The van der Waals surface area contributed by atoms with Crippen LogP contribution in [-0.2, 0) is 4.79 Å². The predicted octanol–water partition coefficient (Wildman–Crippen LogP) is 2.58. The Labute approximate surface area is 102 Å². The van der Waals surface area contributed by atoms with Crippen molar-refractivity contribution in [2.75, 3.05) is 13.2 Å². The highest BCUT2D eigenvalue weighted by Gasteiger charge is 2.26. The summed E-state index contributed by atoms with van der Waals surface area (Å²) in [6.07, 6.45) is -2.68. The first-order valence-electron chi connectivity index (χ1n) is 5.45. The van der Waals surface area contributed by atoms with Crippen molar-refractivity contribution in [3.63, 3.8) is 0 Å². The second-order valence-corrected chi connectivity index (χ2v) is 3.99. The van der Waals surface area contributed by atoms with E-state index in [2.05, 4.69) is 0 Å². The maximum Gasteiger partial charge on any atom is 0.310 e. The highest BCUT2D eigenvalue weighted by molar-refractivity contribution is 5.77. The molecule has 1 N–H and O–H groups in total. The van der Waals surface area contributed by atoms with Crippen LogP contribution in [0.3, 0.4) is 0 Å². The first kappa shape index (κ1) is 12.6. The van der Waals surface area contributed by atoms with E-state index in [0.717, 1.165) is 6.07 Å². The molecule has 1 atom stereocenters. The van der Waals surface area contributed by atoms with Gasteiger partial charge < -0.3 is 14.6 Å². The van der Waals surface area contributed by atoms with Crippen molar-refractivity contribution in [3.8, 4) is 11.5 Å². The highest BCUT2D eigenvalue weighted by atomic mass is 19.3. The first-order chi connectivity index (χ1) is 8.50. The lowest BCUT2D eigenvalue weighted by Gasteiger charge is -2.23. The Balaban J connectivity index is 2.54. The third-order valence-corrected chi connectivity index (χ3v) is 2.78. The van der Waals surface area contributed by atoms with Gasteiger partial charge in [-0.25, -0.2) is 8.78 Å². The summed E-state index contributed by atoms with van der Waals surface area (Å²) in [5, 5.41) is 8.98. The van der Waals surface area contributed by atoms with Gasteiger partial charge >= 0.3 is 5.97 Å². The molecular formula is C12H12F2O4. The van der Waals surface area contributed by atoms with Gasteiger partial charge in [-0.15, -0.1) is 0 Å². The molecule has 98 valence electrons. The summed E-state index contributed by atoms with van der Waals surface area (Å²) >= 11 is 0. The van der Waals surface area contributed by atoms with Crippen LogP contribution in [0.1, 0.15) is 30.4 Å². The van der Waals surface area contributed by atoms with Crippen molar-refractivity contribution < 1.29 is 28.2 Å². The van der Waals surface area contributed by atoms with E-state index in [4.69, 9.17) is 14.6 Å². The number of hydrogen-bond donors (Lipinski definition) is 1. The number of rotatable bonds is 3. The molecule has 0 saturated carbocycles. The van der Waals surface area contributed by atoms with E-state index in [1.165, 1.54) is 13.0 Å². The lowest BCUT2D eigenvalue weighted by atomic mass is 9.97. The standard InChI is InChI=1S/C12H12F2O4/c1-6(12(15)16)8-4-7(11(13)14)5-9-10(8)18-3-2-17-9/h4-6,11H,2-3H2,1H3,(H,15,16). The van der Waals surface area contributed by atoms with Gasteiger partial charge in [-0.3, -0.25) is 4.79 Å². The predicted molar refractivity (Wildman–Crippen MR) is 58.4 cm³/mol. The Hall–Kier alpha value is -1.85. The van der Waals surface area contributed by atoms with Crippen molar-refractivity contribution in [3.05, 3.63) is 23.3 Å². The molecule has 0 fully saturated rings. The van der Waals surface area contributed by atoms with E-state index >= 15 is 0 Å². The molecule has 1 aliphatic heterocycles. The number of carbonyl (C=O) groups is 1. The fraction of sp³-hybridized carbons (Fsp3) is 0.417. The maximum atomic E-state index is 12.7. The monoisotopic (exact) mass is 258 g/mol. The molecule has 0 amide bonds. The Bertz CT molecular complexity index is 473. The van der Waals surface area contributed by atoms with Crippen LogP contribution in [0.25, 0.3) is 0 Å². The molecule has 0 radical (unpaired) electrons. The molecule has 1 heterocycles. The van der Waals surface area contributed by atoms with E-state index < -0.39 is 18.3 Å². The minimum absolute atomic E-state index is 0.183. The number of alkyl halides is 2. The third kappa shape index (κ3) is 2.23. The number of fused-ring (bicyclic) bond motifs is 1. The quantitative estimate of drug-likeness (QED) is 0.905. The molecule has 0 spiro atoms. The van der Waals surface area contributed by atoms with Crippen molar-refractivity contribution >= 4 is 5.97 Å². The summed E-state index contributed by atoms with van der Waals surface area (Å²) < 4.78 is 36.0. The van der Waals surface area contributed by atoms with Crippen LogP contribution in [0.5, 0.6) is 11.5 Å². The zero-order valence-electron chi connectivity index (χ0n) is 9.65. The van der Waals surface area contributed by atoms with Gasteiger partial charge in [0.2, 0.25) is 0 Å². The molecule has 0 aromatic heterocycles. The number of aliphatic carboxylic acids is 1. The molecule has 4 nitrogen and oxygen atoms in total. The molecule has 1 aromatic carbocycles. The molecular weight excluding hydrogens is 246 g/mol. The van der Waals surface area contributed by atoms with Crippen molar-refractivity contribution in [1.29, 1.82) is 0 Å². The van der Waals surface area contributed by atoms with E-state index in [0.29, 0.717) is 0 Å². The zero-order valence-corrected chi connectivity index (χ0v) is 9.65. The Kier molecular flexibility index (Phi) is 3.36. The van der Waals surface area contributed by atoms with Gasteiger partial charge in [0, 0.05) is 11.1 Å². The summed E-state index contributed by atoms with van der Waals surface area (Å²) in [7, 11) is 0. The van der Waals surface area contributed by atoms with Gasteiger partial charge in [0.25, 0.3) is 6.43 Å². The number of carboxylic acids is 1. The molecule has 2 rings (SSSR count). The van der Waals surface area contributed by atoms with Crippen LogP contribution in [0.15, 0.2) is 12.1 Å². The SMILES string of the molecule is CC(C(=O)O)c1cc(C(F)F)cc2c1OCCO2. The smallest absolute Gasteiger partial charge is 0.310 e. The van der Waals surface area contributed by atoms with E-state index in [-0.39, 0.29) is 35.8 Å². The topological polar surface area (TPSA) is 55.8 Å². The molecule has 0 bridgehead atoms. The van der Waals surface area contributed by atoms with Crippen LogP contribution in [0, 0.1) is 0 Å². The summed E-state index contributed by atoms with van der Waals surface area (Å²) in [6, 6.07) is 2.36. The van der Waals surface area contributed by atoms with Gasteiger partial charge in [-0.05, 0) is 19.1 Å². The van der Waals surface area contributed by atoms with Gasteiger partial charge in [-0.1, -0.05) is 0 Å². The van der Waals surface area contributed by atoms with E-state index in [1.54, 1.807) is 0 Å².